The molecule has 2 rings (SSSR count). The van der Waals surface area contributed by atoms with Gasteiger partial charge in [0.25, 0.3) is 5.91 Å². The van der Waals surface area contributed by atoms with Crippen LogP contribution in [0.2, 0.25) is 0 Å². The SMILES string of the molecule is CCC[C@@H](C)NC(=O)c1ccccc1C(=O)c1ccccc1. The van der Waals surface area contributed by atoms with Crippen LogP contribution in [0.15, 0.2) is 54.6 Å². The van der Waals surface area contributed by atoms with Crippen molar-refractivity contribution < 1.29 is 9.59 Å². The highest BCUT2D eigenvalue weighted by atomic mass is 16.2. The van der Waals surface area contributed by atoms with Crippen molar-refractivity contribution in [1.29, 1.82) is 0 Å². The molecule has 0 spiro atoms. The molecule has 1 amide bonds. The molecular weight excluding hydrogens is 274 g/mol. The van der Waals surface area contributed by atoms with Gasteiger partial charge in [0.15, 0.2) is 5.78 Å². The van der Waals surface area contributed by atoms with Crippen LogP contribution in [-0.2, 0) is 0 Å². The Morgan fingerprint density at radius 2 is 1.55 bits per heavy atom. The van der Waals surface area contributed by atoms with Crippen LogP contribution in [-0.4, -0.2) is 17.7 Å². The second kappa shape index (κ2) is 7.55. The molecule has 3 heteroatoms. The highest BCUT2D eigenvalue weighted by Gasteiger charge is 2.18. The van der Waals surface area contributed by atoms with Crippen molar-refractivity contribution in [1.82, 2.24) is 5.32 Å². The summed E-state index contributed by atoms with van der Waals surface area (Å²) in [4.78, 5) is 25.0. The lowest BCUT2D eigenvalue weighted by molar-refractivity contribution is 0.0928. The van der Waals surface area contributed by atoms with Crippen LogP contribution in [0.3, 0.4) is 0 Å². The van der Waals surface area contributed by atoms with Gasteiger partial charge in [0.05, 0.1) is 5.56 Å². The summed E-state index contributed by atoms with van der Waals surface area (Å²) in [6.07, 6.45) is 1.92. The molecule has 0 aromatic heterocycles. The van der Waals surface area contributed by atoms with E-state index in [0.29, 0.717) is 16.7 Å². The van der Waals surface area contributed by atoms with Gasteiger partial charge in [-0.15, -0.1) is 0 Å². The van der Waals surface area contributed by atoms with E-state index in [1.165, 1.54) is 0 Å². The van der Waals surface area contributed by atoms with E-state index in [1.807, 2.05) is 25.1 Å². The van der Waals surface area contributed by atoms with E-state index >= 15 is 0 Å². The molecule has 0 saturated carbocycles. The Bertz CT molecular complexity index is 649. The van der Waals surface area contributed by atoms with Gasteiger partial charge < -0.3 is 5.32 Å². The van der Waals surface area contributed by atoms with Gasteiger partial charge in [-0.05, 0) is 19.4 Å². The lowest BCUT2D eigenvalue weighted by atomic mass is 9.97. The van der Waals surface area contributed by atoms with Crippen molar-refractivity contribution in [3.05, 3.63) is 71.3 Å². The van der Waals surface area contributed by atoms with E-state index < -0.39 is 0 Å². The highest BCUT2D eigenvalue weighted by molar-refractivity contribution is 6.15. The van der Waals surface area contributed by atoms with E-state index in [0.717, 1.165) is 12.8 Å². The predicted octanol–water partition coefficient (Wildman–Crippen LogP) is 3.84. The smallest absolute Gasteiger partial charge is 0.252 e. The number of carbonyl (C=O) groups excluding carboxylic acids is 2. The Balaban J connectivity index is 2.27. The van der Waals surface area contributed by atoms with Crippen molar-refractivity contribution in [2.24, 2.45) is 0 Å². The number of benzene rings is 2. The van der Waals surface area contributed by atoms with Crippen molar-refractivity contribution >= 4 is 11.7 Å². The molecule has 2 aromatic rings. The summed E-state index contributed by atoms with van der Waals surface area (Å²) in [6, 6.07) is 16.1. The largest absolute Gasteiger partial charge is 0.350 e. The highest BCUT2D eigenvalue weighted by Crippen LogP contribution is 2.15. The summed E-state index contributed by atoms with van der Waals surface area (Å²) in [5.41, 5.74) is 1.46. The minimum absolute atomic E-state index is 0.0948. The van der Waals surface area contributed by atoms with Gasteiger partial charge in [-0.2, -0.15) is 0 Å². The van der Waals surface area contributed by atoms with Crippen LogP contribution in [0.1, 0.15) is 53.0 Å². The molecule has 0 saturated heterocycles. The molecule has 2 aromatic carbocycles. The predicted molar refractivity (Wildman–Crippen MR) is 88.2 cm³/mol. The molecule has 0 aliphatic rings. The summed E-state index contributed by atoms with van der Waals surface area (Å²) >= 11 is 0. The van der Waals surface area contributed by atoms with Gasteiger partial charge in [0.2, 0.25) is 0 Å². The van der Waals surface area contributed by atoms with Gasteiger partial charge >= 0.3 is 0 Å². The van der Waals surface area contributed by atoms with Crippen LogP contribution in [0.5, 0.6) is 0 Å². The lowest BCUT2D eigenvalue weighted by Crippen LogP contribution is -2.33. The molecule has 0 unspecified atom stereocenters. The molecular formula is C19H21NO2. The zero-order valence-electron chi connectivity index (χ0n) is 13.0. The quantitative estimate of drug-likeness (QED) is 0.823. The standard InChI is InChI=1S/C19H21NO2/c1-3-9-14(2)20-19(22)17-13-8-7-12-16(17)18(21)15-10-5-4-6-11-15/h4-8,10-14H,3,9H2,1-2H3,(H,20,22)/t14-/m1/s1. The van der Waals surface area contributed by atoms with Crippen molar-refractivity contribution in [2.75, 3.05) is 0 Å². The average molecular weight is 295 g/mol. The summed E-state index contributed by atoms with van der Waals surface area (Å²) < 4.78 is 0. The molecule has 0 aliphatic heterocycles. The first kappa shape index (κ1) is 16.0. The maximum atomic E-state index is 12.6. The Labute approximate surface area is 131 Å². The molecule has 0 heterocycles. The molecule has 22 heavy (non-hydrogen) atoms. The number of rotatable bonds is 6. The van der Waals surface area contributed by atoms with Crippen LogP contribution in [0.25, 0.3) is 0 Å². The van der Waals surface area contributed by atoms with Crippen molar-refractivity contribution in [2.45, 2.75) is 32.7 Å². The van der Waals surface area contributed by atoms with E-state index in [9.17, 15) is 9.59 Å². The average Bonchev–Trinajstić information content (AvgIpc) is 2.55. The van der Waals surface area contributed by atoms with E-state index in [-0.39, 0.29) is 17.7 Å². The number of ketones is 1. The molecule has 0 fully saturated rings. The number of nitrogens with one attached hydrogen (secondary N) is 1. The molecule has 0 aliphatic carbocycles. The summed E-state index contributed by atoms with van der Waals surface area (Å²) in [5, 5.41) is 2.95. The number of carbonyl (C=O) groups is 2. The summed E-state index contributed by atoms with van der Waals surface area (Å²) in [5.74, 6) is -0.324. The van der Waals surface area contributed by atoms with E-state index in [2.05, 4.69) is 12.2 Å². The normalized spacial score (nSPS) is 11.7. The summed E-state index contributed by atoms with van der Waals surface area (Å²) in [7, 11) is 0. The maximum Gasteiger partial charge on any atom is 0.252 e. The van der Waals surface area contributed by atoms with Crippen LogP contribution in [0, 0.1) is 0 Å². The fraction of sp³-hybridized carbons (Fsp3) is 0.263. The molecule has 0 radical (unpaired) electrons. The van der Waals surface area contributed by atoms with Crippen LogP contribution >= 0.6 is 0 Å². The number of amides is 1. The first-order valence-corrected chi connectivity index (χ1v) is 7.63. The fourth-order valence-electron chi connectivity index (χ4n) is 2.43. The Hall–Kier alpha value is -2.42. The van der Waals surface area contributed by atoms with E-state index in [1.54, 1.807) is 36.4 Å². The monoisotopic (exact) mass is 295 g/mol. The first-order valence-electron chi connectivity index (χ1n) is 7.63. The van der Waals surface area contributed by atoms with Gasteiger partial charge in [-0.3, -0.25) is 9.59 Å². The number of hydrogen-bond donors (Lipinski definition) is 1. The Morgan fingerprint density at radius 3 is 2.18 bits per heavy atom. The first-order chi connectivity index (χ1) is 10.6. The number of hydrogen-bond acceptors (Lipinski definition) is 2. The van der Waals surface area contributed by atoms with E-state index in [4.69, 9.17) is 0 Å². The molecule has 114 valence electrons. The fourth-order valence-corrected chi connectivity index (χ4v) is 2.43. The second-order valence-electron chi connectivity index (χ2n) is 5.40. The minimum atomic E-state index is -0.194. The van der Waals surface area contributed by atoms with Gasteiger partial charge in [0, 0.05) is 17.2 Å². The summed E-state index contributed by atoms with van der Waals surface area (Å²) in [6.45, 7) is 4.05. The zero-order chi connectivity index (χ0) is 15.9. The Kier molecular flexibility index (Phi) is 5.48. The molecule has 1 atom stereocenters. The molecule has 1 N–H and O–H groups in total. The van der Waals surface area contributed by atoms with Crippen LogP contribution in [0.4, 0.5) is 0 Å². The van der Waals surface area contributed by atoms with Gasteiger partial charge in [-0.25, -0.2) is 0 Å². The topological polar surface area (TPSA) is 46.2 Å². The van der Waals surface area contributed by atoms with Gasteiger partial charge in [-0.1, -0.05) is 61.9 Å². The van der Waals surface area contributed by atoms with Crippen LogP contribution < -0.4 is 5.32 Å². The van der Waals surface area contributed by atoms with Crippen molar-refractivity contribution in [3.8, 4) is 0 Å². The molecule has 0 bridgehead atoms. The van der Waals surface area contributed by atoms with Crippen molar-refractivity contribution in [3.63, 3.8) is 0 Å². The third kappa shape index (κ3) is 3.82. The minimum Gasteiger partial charge on any atom is -0.350 e. The molecule has 3 nitrogen and oxygen atoms in total. The third-order valence-corrected chi connectivity index (χ3v) is 3.55. The maximum absolute atomic E-state index is 12.6. The Morgan fingerprint density at radius 1 is 0.955 bits per heavy atom. The lowest BCUT2D eigenvalue weighted by Gasteiger charge is -2.14. The second-order valence-corrected chi connectivity index (χ2v) is 5.40. The third-order valence-electron chi connectivity index (χ3n) is 3.55. The zero-order valence-corrected chi connectivity index (χ0v) is 13.0. The van der Waals surface area contributed by atoms with Gasteiger partial charge in [0.1, 0.15) is 0 Å².